The first-order valence-corrected chi connectivity index (χ1v) is 11.3. The van der Waals surface area contributed by atoms with E-state index in [0.29, 0.717) is 26.3 Å². The van der Waals surface area contributed by atoms with Gasteiger partial charge in [0.15, 0.2) is 0 Å². The lowest BCUT2D eigenvalue weighted by Crippen LogP contribution is -2.29. The van der Waals surface area contributed by atoms with Crippen LogP contribution in [0.1, 0.15) is 38.3 Å². The average Bonchev–Trinajstić information content (AvgIpc) is 3.07. The number of sulfone groups is 1. The van der Waals surface area contributed by atoms with E-state index in [1.54, 1.807) is 29.6 Å². The van der Waals surface area contributed by atoms with E-state index in [1.165, 1.54) is 0 Å². The zero-order valence-electron chi connectivity index (χ0n) is 16.1. The molecule has 0 N–H and O–H groups in total. The number of rotatable bonds is 10. The first-order valence-electron chi connectivity index (χ1n) is 9.62. The third-order valence-corrected chi connectivity index (χ3v) is 6.67. The van der Waals surface area contributed by atoms with Crippen molar-refractivity contribution in [1.82, 2.24) is 14.5 Å². The Labute approximate surface area is 160 Å². The molecular formula is C18H29N3O5S. The van der Waals surface area contributed by atoms with Gasteiger partial charge in [-0.2, -0.15) is 0 Å². The maximum absolute atomic E-state index is 12.8. The van der Waals surface area contributed by atoms with Gasteiger partial charge >= 0.3 is 5.97 Å². The molecule has 1 saturated heterocycles. The summed E-state index contributed by atoms with van der Waals surface area (Å²) in [6.07, 6.45) is 5.46. The summed E-state index contributed by atoms with van der Waals surface area (Å²) < 4.78 is 38.1. The molecule has 8 nitrogen and oxygen atoms in total. The monoisotopic (exact) mass is 399 g/mol. The molecule has 2 aliphatic rings. The van der Waals surface area contributed by atoms with Gasteiger partial charge in [0.2, 0.25) is 15.0 Å². The van der Waals surface area contributed by atoms with E-state index in [-0.39, 0.29) is 35.4 Å². The number of hydrogen-bond acceptors (Lipinski definition) is 7. The van der Waals surface area contributed by atoms with Crippen LogP contribution in [0.4, 0.5) is 0 Å². The van der Waals surface area contributed by atoms with Crippen LogP contribution in [0.15, 0.2) is 11.4 Å². The smallest absolute Gasteiger partial charge is 0.320 e. The van der Waals surface area contributed by atoms with E-state index in [2.05, 4.69) is 4.98 Å². The van der Waals surface area contributed by atoms with Crippen molar-refractivity contribution >= 4 is 15.8 Å². The standard InChI is InChI=1S/C18H29N3O5S/c1-3-25-17(22)12-20(2)10-15-9-19-18(27(23,24)13-14-6-7-14)21(15)11-16-5-4-8-26-16/h9,14,16H,3-8,10-13H2,1-2H3/t16-/m0/s1. The second-order valence-corrected chi connectivity index (χ2v) is 9.41. The maximum atomic E-state index is 12.8. The van der Waals surface area contributed by atoms with Gasteiger partial charge < -0.3 is 14.0 Å². The molecule has 27 heavy (non-hydrogen) atoms. The van der Waals surface area contributed by atoms with Gasteiger partial charge in [-0.15, -0.1) is 0 Å². The molecular weight excluding hydrogens is 370 g/mol. The zero-order chi connectivity index (χ0) is 19.4. The molecule has 0 radical (unpaired) electrons. The van der Waals surface area contributed by atoms with E-state index < -0.39 is 9.84 Å². The summed E-state index contributed by atoms with van der Waals surface area (Å²) in [5.74, 6) is 0.123. The number of carbonyl (C=O) groups is 1. The summed E-state index contributed by atoms with van der Waals surface area (Å²) in [5, 5.41) is 0.129. The molecule has 2 fully saturated rings. The number of aromatic nitrogens is 2. The van der Waals surface area contributed by atoms with Crippen LogP contribution in [-0.2, 0) is 37.2 Å². The first kappa shape index (κ1) is 20.3. The van der Waals surface area contributed by atoms with Crippen LogP contribution in [0.2, 0.25) is 0 Å². The summed E-state index contributed by atoms with van der Waals surface area (Å²) in [4.78, 5) is 17.8. The van der Waals surface area contributed by atoms with Gasteiger partial charge in [0.25, 0.3) is 0 Å². The second kappa shape index (κ2) is 8.70. The molecule has 0 unspecified atom stereocenters. The minimum Gasteiger partial charge on any atom is -0.465 e. The van der Waals surface area contributed by atoms with Crippen LogP contribution in [0.25, 0.3) is 0 Å². The van der Waals surface area contributed by atoms with Gasteiger partial charge in [-0.1, -0.05) is 0 Å². The summed E-state index contributed by atoms with van der Waals surface area (Å²) in [6.45, 7) is 3.85. The Kier molecular flexibility index (Phi) is 6.54. The molecule has 1 aromatic rings. The molecule has 0 amide bonds. The van der Waals surface area contributed by atoms with Crippen molar-refractivity contribution < 1.29 is 22.7 Å². The van der Waals surface area contributed by atoms with Crippen molar-refractivity contribution in [3.63, 3.8) is 0 Å². The Balaban J connectivity index is 1.78. The lowest BCUT2D eigenvalue weighted by molar-refractivity contribution is -0.144. The Bertz CT molecular complexity index is 751. The van der Waals surface area contributed by atoms with E-state index >= 15 is 0 Å². The Morgan fingerprint density at radius 2 is 2.19 bits per heavy atom. The highest BCUT2D eigenvalue weighted by Gasteiger charge is 2.33. The van der Waals surface area contributed by atoms with Crippen molar-refractivity contribution in [3.05, 3.63) is 11.9 Å². The Morgan fingerprint density at radius 1 is 1.41 bits per heavy atom. The Hall–Kier alpha value is -1.45. The fourth-order valence-corrected chi connectivity index (χ4v) is 5.23. The molecule has 2 heterocycles. The number of nitrogens with zero attached hydrogens (tertiary/aromatic N) is 3. The molecule has 1 aliphatic carbocycles. The molecule has 3 rings (SSSR count). The van der Waals surface area contributed by atoms with Crippen molar-refractivity contribution in [2.75, 3.05) is 32.6 Å². The number of esters is 1. The summed E-state index contributed by atoms with van der Waals surface area (Å²) >= 11 is 0. The van der Waals surface area contributed by atoms with Crippen LogP contribution in [-0.4, -0.2) is 67.5 Å². The highest BCUT2D eigenvalue weighted by Crippen LogP contribution is 2.32. The lowest BCUT2D eigenvalue weighted by Gasteiger charge is -2.19. The van der Waals surface area contributed by atoms with Gasteiger partial charge in [-0.3, -0.25) is 9.69 Å². The normalized spacial score (nSPS) is 20.3. The van der Waals surface area contributed by atoms with Gasteiger partial charge in [-0.05, 0) is 45.6 Å². The molecule has 0 bridgehead atoms. The molecule has 1 aliphatic heterocycles. The quantitative estimate of drug-likeness (QED) is 0.547. The predicted octanol–water partition coefficient (Wildman–Crippen LogP) is 1.24. The third kappa shape index (κ3) is 5.52. The third-order valence-electron chi connectivity index (χ3n) is 4.88. The average molecular weight is 400 g/mol. The number of carbonyl (C=O) groups excluding carboxylic acids is 1. The van der Waals surface area contributed by atoms with Crippen LogP contribution < -0.4 is 0 Å². The molecule has 1 saturated carbocycles. The molecule has 1 aromatic heterocycles. The Morgan fingerprint density at radius 3 is 2.81 bits per heavy atom. The highest BCUT2D eigenvalue weighted by molar-refractivity contribution is 7.91. The molecule has 152 valence electrons. The highest BCUT2D eigenvalue weighted by atomic mass is 32.2. The summed E-state index contributed by atoms with van der Waals surface area (Å²) in [7, 11) is -1.63. The van der Waals surface area contributed by atoms with E-state index in [1.807, 2.05) is 0 Å². The van der Waals surface area contributed by atoms with Crippen LogP contribution in [0, 0.1) is 5.92 Å². The minimum absolute atomic E-state index is 0.00295. The maximum Gasteiger partial charge on any atom is 0.320 e. The molecule has 0 aromatic carbocycles. The number of likely N-dealkylation sites (N-methyl/N-ethyl adjacent to an activating group) is 1. The topological polar surface area (TPSA) is 90.7 Å². The SMILES string of the molecule is CCOC(=O)CN(C)Cc1cnc(S(=O)(=O)CC2CC2)n1C[C@@H]1CCCO1. The van der Waals surface area contributed by atoms with Gasteiger partial charge in [0.1, 0.15) is 0 Å². The van der Waals surface area contributed by atoms with Gasteiger partial charge in [-0.25, -0.2) is 13.4 Å². The zero-order valence-corrected chi connectivity index (χ0v) is 16.9. The first-order chi connectivity index (χ1) is 12.9. The van der Waals surface area contributed by atoms with Crippen LogP contribution >= 0.6 is 0 Å². The van der Waals surface area contributed by atoms with Gasteiger partial charge in [0.05, 0.1) is 43.4 Å². The minimum atomic E-state index is -3.43. The largest absolute Gasteiger partial charge is 0.465 e. The number of ether oxygens (including phenoxy) is 2. The number of hydrogen-bond donors (Lipinski definition) is 0. The lowest BCUT2D eigenvalue weighted by atomic mass is 10.2. The fraction of sp³-hybridized carbons (Fsp3) is 0.778. The predicted molar refractivity (Wildman–Crippen MR) is 98.9 cm³/mol. The number of imidazole rings is 1. The van der Waals surface area contributed by atoms with Crippen molar-refractivity contribution in [1.29, 1.82) is 0 Å². The fourth-order valence-electron chi connectivity index (χ4n) is 3.38. The molecule has 1 atom stereocenters. The second-order valence-electron chi connectivity index (χ2n) is 7.48. The summed E-state index contributed by atoms with van der Waals surface area (Å²) in [5.41, 5.74) is 0.770. The molecule has 9 heteroatoms. The van der Waals surface area contributed by atoms with Crippen molar-refractivity contribution in [2.45, 2.75) is 57.0 Å². The van der Waals surface area contributed by atoms with E-state index in [4.69, 9.17) is 9.47 Å². The van der Waals surface area contributed by atoms with Crippen LogP contribution in [0.5, 0.6) is 0 Å². The van der Waals surface area contributed by atoms with E-state index in [0.717, 1.165) is 31.4 Å². The summed E-state index contributed by atoms with van der Waals surface area (Å²) in [6, 6.07) is 0. The van der Waals surface area contributed by atoms with Crippen molar-refractivity contribution in [3.8, 4) is 0 Å². The van der Waals surface area contributed by atoms with Crippen LogP contribution in [0.3, 0.4) is 0 Å². The molecule has 0 spiro atoms. The van der Waals surface area contributed by atoms with Crippen molar-refractivity contribution in [2.24, 2.45) is 5.92 Å². The van der Waals surface area contributed by atoms with E-state index in [9.17, 15) is 13.2 Å². The van der Waals surface area contributed by atoms with Gasteiger partial charge in [0, 0.05) is 13.2 Å².